The molecule has 1 aromatic heterocycles. The molecule has 1 heterocycles. The molecule has 2 N–H and O–H groups in total. The van der Waals surface area contributed by atoms with Gasteiger partial charge in [0.05, 0.1) is 23.0 Å². The molecule has 3 rings (SSSR count). The lowest BCUT2D eigenvalue weighted by molar-refractivity contribution is -0.120. The van der Waals surface area contributed by atoms with E-state index >= 15 is 0 Å². The number of benzene rings is 2. The topological polar surface area (TPSA) is 66.9 Å². The van der Waals surface area contributed by atoms with Gasteiger partial charge in [0, 0.05) is 6.54 Å². The Morgan fingerprint density at radius 3 is 2.57 bits per heavy atom. The Hall–Kier alpha value is -2.73. The van der Waals surface area contributed by atoms with E-state index in [-0.39, 0.29) is 11.5 Å². The number of hydrogen-bond donors (Lipinski definition) is 2. The third-order valence-corrected chi connectivity index (χ3v) is 5.78. The van der Waals surface area contributed by atoms with Crippen LogP contribution in [-0.4, -0.2) is 22.0 Å². The number of amides is 1. The van der Waals surface area contributed by atoms with Crippen molar-refractivity contribution in [3.8, 4) is 5.69 Å². The first-order chi connectivity index (χ1) is 14.5. The van der Waals surface area contributed by atoms with Gasteiger partial charge in [-0.2, -0.15) is 0 Å². The highest BCUT2D eigenvalue weighted by molar-refractivity contribution is 7.71. The van der Waals surface area contributed by atoms with Crippen LogP contribution in [0.1, 0.15) is 45.1 Å². The predicted molar refractivity (Wildman–Crippen MR) is 125 cm³/mol. The minimum atomic E-state index is -0.155. The maximum absolute atomic E-state index is 12.9. The van der Waals surface area contributed by atoms with E-state index in [2.05, 4.69) is 24.1 Å². The van der Waals surface area contributed by atoms with Crippen LogP contribution in [-0.2, 0) is 11.2 Å². The number of fused-ring (bicyclic) bond motifs is 1. The van der Waals surface area contributed by atoms with Gasteiger partial charge in [0.1, 0.15) is 0 Å². The zero-order valence-electron chi connectivity index (χ0n) is 17.6. The molecule has 0 unspecified atom stereocenters. The van der Waals surface area contributed by atoms with Crippen molar-refractivity contribution in [1.29, 1.82) is 0 Å². The van der Waals surface area contributed by atoms with Crippen molar-refractivity contribution < 1.29 is 4.79 Å². The summed E-state index contributed by atoms with van der Waals surface area (Å²) in [4.78, 5) is 28.3. The van der Waals surface area contributed by atoms with Gasteiger partial charge in [0.2, 0.25) is 5.91 Å². The maximum atomic E-state index is 12.9. The van der Waals surface area contributed by atoms with Crippen LogP contribution in [0.4, 0.5) is 0 Å². The van der Waals surface area contributed by atoms with Crippen molar-refractivity contribution in [2.75, 3.05) is 6.54 Å². The molecule has 0 fully saturated rings. The Morgan fingerprint density at radius 1 is 1.13 bits per heavy atom. The van der Waals surface area contributed by atoms with Gasteiger partial charge >= 0.3 is 0 Å². The summed E-state index contributed by atoms with van der Waals surface area (Å²) in [6, 6.07) is 14.7. The van der Waals surface area contributed by atoms with Crippen LogP contribution in [0.25, 0.3) is 16.6 Å². The summed E-state index contributed by atoms with van der Waals surface area (Å²) in [6.45, 7) is 5.09. The summed E-state index contributed by atoms with van der Waals surface area (Å²) < 4.78 is 1.84. The number of unbranched alkanes of at least 4 members (excludes halogenated alkanes) is 1. The molecular weight excluding hydrogens is 394 g/mol. The van der Waals surface area contributed by atoms with E-state index < -0.39 is 0 Å². The molecule has 3 aromatic rings. The molecule has 1 atom stereocenters. The minimum absolute atomic E-state index is 0.0258. The van der Waals surface area contributed by atoms with Crippen LogP contribution in [0.2, 0.25) is 0 Å². The number of para-hydroxylation sites is 1. The summed E-state index contributed by atoms with van der Waals surface area (Å²) >= 11 is 5.40. The fourth-order valence-corrected chi connectivity index (χ4v) is 3.91. The molecule has 0 bridgehead atoms. The van der Waals surface area contributed by atoms with Crippen molar-refractivity contribution in [3.63, 3.8) is 0 Å². The quantitative estimate of drug-likeness (QED) is 0.480. The SMILES string of the molecule is CCCC[C@@H](CC)CNC(=O)Cc1ccc(-n2c(=S)[nH]c3ccccc3c2=O)cc1. The van der Waals surface area contributed by atoms with E-state index in [9.17, 15) is 9.59 Å². The second-order valence-electron chi connectivity index (χ2n) is 7.68. The molecule has 6 heteroatoms. The zero-order valence-corrected chi connectivity index (χ0v) is 18.4. The molecule has 2 aromatic carbocycles. The van der Waals surface area contributed by atoms with Crippen LogP contribution in [0.15, 0.2) is 53.3 Å². The van der Waals surface area contributed by atoms with Gasteiger partial charge in [0.25, 0.3) is 5.56 Å². The monoisotopic (exact) mass is 423 g/mol. The van der Waals surface area contributed by atoms with Crippen LogP contribution in [0.3, 0.4) is 0 Å². The van der Waals surface area contributed by atoms with E-state index in [0.29, 0.717) is 28.2 Å². The van der Waals surface area contributed by atoms with Crippen molar-refractivity contribution in [1.82, 2.24) is 14.9 Å². The molecule has 0 aliphatic rings. The second kappa shape index (κ2) is 10.3. The summed E-state index contributed by atoms with van der Waals surface area (Å²) in [5.41, 5.74) is 2.15. The van der Waals surface area contributed by atoms with Crippen LogP contribution >= 0.6 is 12.2 Å². The summed E-state index contributed by atoms with van der Waals surface area (Å²) in [7, 11) is 0. The lowest BCUT2D eigenvalue weighted by atomic mass is 9.99. The van der Waals surface area contributed by atoms with Gasteiger partial charge in [-0.3, -0.25) is 14.2 Å². The van der Waals surface area contributed by atoms with Gasteiger partial charge < -0.3 is 10.3 Å². The highest BCUT2D eigenvalue weighted by Crippen LogP contribution is 2.13. The van der Waals surface area contributed by atoms with E-state index in [1.807, 2.05) is 42.5 Å². The van der Waals surface area contributed by atoms with Crippen molar-refractivity contribution in [2.45, 2.75) is 46.0 Å². The van der Waals surface area contributed by atoms with Crippen LogP contribution in [0, 0.1) is 10.7 Å². The fourth-order valence-electron chi connectivity index (χ4n) is 3.61. The van der Waals surface area contributed by atoms with E-state index in [1.165, 1.54) is 17.4 Å². The fraction of sp³-hybridized carbons (Fsp3) is 0.375. The molecular formula is C24H29N3O2S. The third-order valence-electron chi connectivity index (χ3n) is 5.50. The first-order valence-corrected chi connectivity index (χ1v) is 11.0. The lowest BCUT2D eigenvalue weighted by Crippen LogP contribution is -2.30. The summed E-state index contributed by atoms with van der Waals surface area (Å²) in [5, 5.41) is 3.65. The highest BCUT2D eigenvalue weighted by atomic mass is 32.1. The van der Waals surface area contributed by atoms with Gasteiger partial charge in [-0.1, -0.05) is 57.4 Å². The van der Waals surface area contributed by atoms with Gasteiger partial charge in [-0.15, -0.1) is 0 Å². The molecule has 0 radical (unpaired) electrons. The number of aromatic amines is 1. The molecule has 5 nitrogen and oxygen atoms in total. The Morgan fingerprint density at radius 2 is 1.87 bits per heavy atom. The Bertz CT molecular complexity index is 1120. The molecule has 0 saturated carbocycles. The molecule has 0 aliphatic heterocycles. The first kappa shape index (κ1) is 22.0. The number of nitrogens with one attached hydrogen (secondary N) is 2. The molecule has 1 amide bonds. The molecule has 30 heavy (non-hydrogen) atoms. The average Bonchev–Trinajstić information content (AvgIpc) is 2.75. The lowest BCUT2D eigenvalue weighted by Gasteiger charge is -2.15. The van der Waals surface area contributed by atoms with Crippen molar-refractivity contribution >= 4 is 29.0 Å². The van der Waals surface area contributed by atoms with E-state index in [0.717, 1.165) is 30.5 Å². The number of hydrogen-bond acceptors (Lipinski definition) is 3. The predicted octanol–water partition coefficient (Wildman–Crippen LogP) is 4.92. The molecule has 0 spiro atoms. The van der Waals surface area contributed by atoms with E-state index in [4.69, 9.17) is 12.2 Å². The normalized spacial score (nSPS) is 12.1. The Kier molecular flexibility index (Phi) is 7.57. The number of H-pyrrole nitrogens is 1. The molecule has 158 valence electrons. The summed E-state index contributed by atoms with van der Waals surface area (Å²) in [6.07, 6.45) is 4.94. The number of carbonyl (C=O) groups is 1. The first-order valence-electron chi connectivity index (χ1n) is 10.6. The van der Waals surface area contributed by atoms with Crippen LogP contribution in [0.5, 0.6) is 0 Å². The third kappa shape index (κ3) is 5.25. The Labute approximate surface area is 182 Å². The van der Waals surface area contributed by atoms with Crippen LogP contribution < -0.4 is 10.9 Å². The molecule has 0 saturated heterocycles. The van der Waals surface area contributed by atoms with Gasteiger partial charge in [-0.25, -0.2) is 0 Å². The smallest absolute Gasteiger partial charge is 0.266 e. The minimum Gasteiger partial charge on any atom is -0.356 e. The highest BCUT2D eigenvalue weighted by Gasteiger charge is 2.10. The zero-order chi connectivity index (χ0) is 21.5. The Balaban J connectivity index is 1.70. The number of rotatable bonds is 9. The van der Waals surface area contributed by atoms with Gasteiger partial charge in [0.15, 0.2) is 4.77 Å². The summed E-state index contributed by atoms with van der Waals surface area (Å²) in [5.74, 6) is 0.565. The number of aromatic nitrogens is 2. The average molecular weight is 424 g/mol. The standard InChI is InChI=1S/C24H29N3O2S/c1-3-5-8-17(4-2)16-25-22(28)15-18-11-13-19(14-12-18)27-23(29)20-9-6-7-10-21(20)26-24(27)30/h6-7,9-14,17H,3-5,8,15-16H2,1-2H3,(H,25,28)(H,26,30)/t17-/m1/s1. The van der Waals surface area contributed by atoms with E-state index in [1.54, 1.807) is 6.07 Å². The van der Waals surface area contributed by atoms with Crippen molar-refractivity contribution in [3.05, 3.63) is 69.2 Å². The van der Waals surface area contributed by atoms with Gasteiger partial charge in [-0.05, 0) is 54.4 Å². The molecule has 0 aliphatic carbocycles. The van der Waals surface area contributed by atoms with Crippen molar-refractivity contribution in [2.24, 2.45) is 5.92 Å². The maximum Gasteiger partial charge on any atom is 0.266 e. The number of carbonyl (C=O) groups excluding carboxylic acids is 1. The second-order valence-corrected chi connectivity index (χ2v) is 8.07. The number of nitrogens with zero attached hydrogens (tertiary/aromatic N) is 1. The largest absolute Gasteiger partial charge is 0.356 e.